The summed E-state index contributed by atoms with van der Waals surface area (Å²) >= 11 is 3.40. The molecule has 0 aromatic heterocycles. The second-order valence-electron chi connectivity index (χ2n) is 3.74. The van der Waals surface area contributed by atoms with Gasteiger partial charge in [-0.1, -0.05) is 83.2 Å². The van der Waals surface area contributed by atoms with E-state index in [9.17, 15) is 0 Å². The molecule has 0 heterocycles. The Balaban J connectivity index is 2.51. The summed E-state index contributed by atoms with van der Waals surface area (Å²) in [7, 11) is 0. The van der Waals surface area contributed by atoms with Crippen LogP contribution in [0.3, 0.4) is 0 Å². The van der Waals surface area contributed by atoms with E-state index in [-0.39, 0.29) is 0 Å². The Hall–Kier alpha value is -1.60. The molecule has 0 amide bonds. The predicted octanol–water partition coefficient (Wildman–Crippen LogP) is 5.03. The van der Waals surface area contributed by atoms with Gasteiger partial charge in [0, 0.05) is 4.48 Å². The van der Waals surface area contributed by atoms with Gasteiger partial charge in [-0.25, -0.2) is 0 Å². The first-order valence-electron chi connectivity index (χ1n) is 5.44. The van der Waals surface area contributed by atoms with Gasteiger partial charge in [0.05, 0.1) is 0 Å². The van der Waals surface area contributed by atoms with Gasteiger partial charge in [0.2, 0.25) is 0 Å². The fraction of sp³-hybridized carbons (Fsp3) is 0. The molecule has 0 nitrogen and oxygen atoms in total. The molecule has 0 aliphatic carbocycles. The van der Waals surface area contributed by atoms with Gasteiger partial charge in [-0.3, -0.25) is 0 Å². The summed E-state index contributed by atoms with van der Waals surface area (Å²) in [5, 5.41) is 0. The highest BCUT2D eigenvalue weighted by molar-refractivity contribution is 9.11. The topological polar surface area (TPSA) is 0 Å². The SMILES string of the molecule is C=C(Br)C=C(c1ccccc1)c1ccccc1. The van der Waals surface area contributed by atoms with Crippen LogP contribution in [0.15, 0.2) is 77.8 Å². The zero-order valence-electron chi connectivity index (χ0n) is 9.44. The Morgan fingerprint density at radius 3 is 1.59 bits per heavy atom. The molecule has 0 radical (unpaired) electrons. The summed E-state index contributed by atoms with van der Waals surface area (Å²) in [4.78, 5) is 0. The highest BCUT2D eigenvalue weighted by atomic mass is 79.9. The minimum atomic E-state index is 0.875. The molecule has 17 heavy (non-hydrogen) atoms. The van der Waals surface area contributed by atoms with Gasteiger partial charge >= 0.3 is 0 Å². The van der Waals surface area contributed by atoms with Crippen molar-refractivity contribution in [3.05, 3.63) is 88.9 Å². The fourth-order valence-corrected chi connectivity index (χ4v) is 1.95. The van der Waals surface area contributed by atoms with Crippen LogP contribution in [0, 0.1) is 0 Å². The van der Waals surface area contributed by atoms with E-state index in [0.717, 1.165) is 4.48 Å². The molecule has 0 spiro atoms. The molecular weight excluding hydrogens is 272 g/mol. The normalized spacial score (nSPS) is 9.71. The van der Waals surface area contributed by atoms with Gasteiger partial charge in [0.1, 0.15) is 0 Å². The number of hydrogen-bond donors (Lipinski definition) is 0. The lowest BCUT2D eigenvalue weighted by atomic mass is 9.98. The quantitative estimate of drug-likeness (QED) is 0.694. The first-order chi connectivity index (χ1) is 8.27. The lowest BCUT2D eigenvalue weighted by Gasteiger charge is -2.08. The standard InChI is InChI=1S/C16H13Br/c1-13(17)12-16(14-8-4-2-5-9-14)15-10-6-3-7-11-15/h2-12H,1H2. The average molecular weight is 285 g/mol. The zero-order valence-corrected chi connectivity index (χ0v) is 11.0. The van der Waals surface area contributed by atoms with Crippen LogP contribution < -0.4 is 0 Å². The highest BCUT2D eigenvalue weighted by Gasteiger charge is 2.03. The monoisotopic (exact) mass is 284 g/mol. The average Bonchev–Trinajstić information content (AvgIpc) is 2.38. The molecule has 2 aromatic carbocycles. The molecule has 0 fully saturated rings. The molecule has 0 aliphatic heterocycles. The van der Waals surface area contributed by atoms with Crippen LogP contribution in [-0.2, 0) is 0 Å². The largest absolute Gasteiger partial charge is 0.0847 e. The van der Waals surface area contributed by atoms with Gasteiger partial charge in [0.25, 0.3) is 0 Å². The summed E-state index contributed by atoms with van der Waals surface area (Å²) in [6.07, 6.45) is 2.05. The van der Waals surface area contributed by atoms with Crippen LogP contribution in [0.5, 0.6) is 0 Å². The third kappa shape index (κ3) is 3.18. The number of hydrogen-bond acceptors (Lipinski definition) is 0. The molecule has 0 saturated carbocycles. The molecule has 0 bridgehead atoms. The fourth-order valence-electron chi connectivity index (χ4n) is 1.73. The predicted molar refractivity (Wildman–Crippen MR) is 78.0 cm³/mol. The zero-order chi connectivity index (χ0) is 12.1. The van der Waals surface area contributed by atoms with E-state index >= 15 is 0 Å². The maximum atomic E-state index is 3.89. The van der Waals surface area contributed by atoms with Crippen molar-refractivity contribution in [3.8, 4) is 0 Å². The second kappa shape index (κ2) is 5.65. The Morgan fingerprint density at radius 2 is 1.24 bits per heavy atom. The van der Waals surface area contributed by atoms with Crippen molar-refractivity contribution < 1.29 is 0 Å². The lowest BCUT2D eigenvalue weighted by molar-refractivity contribution is 1.54. The van der Waals surface area contributed by atoms with Crippen molar-refractivity contribution in [2.75, 3.05) is 0 Å². The van der Waals surface area contributed by atoms with Crippen LogP contribution in [0.4, 0.5) is 0 Å². The molecule has 84 valence electrons. The van der Waals surface area contributed by atoms with E-state index in [1.807, 2.05) is 42.5 Å². The van der Waals surface area contributed by atoms with Crippen molar-refractivity contribution in [1.82, 2.24) is 0 Å². The summed E-state index contributed by atoms with van der Waals surface area (Å²) < 4.78 is 0.875. The van der Waals surface area contributed by atoms with Crippen LogP contribution >= 0.6 is 15.9 Å². The van der Waals surface area contributed by atoms with Crippen molar-refractivity contribution in [3.63, 3.8) is 0 Å². The molecule has 0 saturated heterocycles. The Kier molecular flexibility index (Phi) is 3.94. The van der Waals surface area contributed by atoms with Crippen molar-refractivity contribution in [2.24, 2.45) is 0 Å². The van der Waals surface area contributed by atoms with Gasteiger partial charge in [0.15, 0.2) is 0 Å². The van der Waals surface area contributed by atoms with Crippen molar-refractivity contribution in [1.29, 1.82) is 0 Å². The van der Waals surface area contributed by atoms with Crippen molar-refractivity contribution in [2.45, 2.75) is 0 Å². The van der Waals surface area contributed by atoms with Crippen LogP contribution in [0.25, 0.3) is 5.57 Å². The molecule has 2 rings (SSSR count). The lowest BCUT2D eigenvalue weighted by Crippen LogP contribution is -1.87. The Labute approximate surface area is 110 Å². The number of benzene rings is 2. The van der Waals surface area contributed by atoms with Gasteiger partial charge < -0.3 is 0 Å². The summed E-state index contributed by atoms with van der Waals surface area (Å²) in [5.74, 6) is 0. The van der Waals surface area contributed by atoms with Crippen LogP contribution in [-0.4, -0.2) is 0 Å². The maximum Gasteiger partial charge on any atom is 0.0109 e. The minimum Gasteiger partial charge on any atom is -0.0847 e. The Bertz CT molecular complexity index is 482. The molecule has 0 N–H and O–H groups in total. The first-order valence-corrected chi connectivity index (χ1v) is 6.23. The maximum absolute atomic E-state index is 3.89. The third-order valence-corrected chi connectivity index (χ3v) is 2.70. The highest BCUT2D eigenvalue weighted by Crippen LogP contribution is 2.25. The molecular formula is C16H13Br. The van der Waals surface area contributed by atoms with Gasteiger partial charge in [-0.15, -0.1) is 0 Å². The molecule has 1 heteroatoms. The second-order valence-corrected chi connectivity index (χ2v) is 4.76. The van der Waals surface area contributed by atoms with Crippen LogP contribution in [0.2, 0.25) is 0 Å². The van der Waals surface area contributed by atoms with Gasteiger partial charge in [-0.2, -0.15) is 0 Å². The van der Waals surface area contributed by atoms with E-state index in [2.05, 4.69) is 46.8 Å². The minimum absolute atomic E-state index is 0.875. The van der Waals surface area contributed by atoms with E-state index in [1.165, 1.54) is 16.7 Å². The number of halogens is 1. The molecule has 0 atom stereocenters. The molecule has 0 unspecified atom stereocenters. The summed E-state index contributed by atoms with van der Waals surface area (Å²) in [6.45, 7) is 3.89. The number of rotatable bonds is 3. The Morgan fingerprint density at radius 1 is 0.824 bits per heavy atom. The first kappa shape index (κ1) is 11.9. The van der Waals surface area contributed by atoms with Crippen molar-refractivity contribution >= 4 is 21.5 Å². The molecule has 2 aromatic rings. The van der Waals surface area contributed by atoms with E-state index < -0.39 is 0 Å². The van der Waals surface area contributed by atoms with E-state index in [4.69, 9.17) is 0 Å². The van der Waals surface area contributed by atoms with E-state index in [1.54, 1.807) is 0 Å². The summed E-state index contributed by atoms with van der Waals surface area (Å²) in [5.41, 5.74) is 3.56. The van der Waals surface area contributed by atoms with Crippen LogP contribution in [0.1, 0.15) is 11.1 Å². The number of allylic oxidation sites excluding steroid dienone is 2. The summed E-state index contributed by atoms with van der Waals surface area (Å²) in [6, 6.07) is 20.6. The van der Waals surface area contributed by atoms with E-state index in [0.29, 0.717) is 0 Å². The smallest absolute Gasteiger partial charge is 0.0109 e. The molecule has 0 aliphatic rings. The van der Waals surface area contributed by atoms with Gasteiger partial charge in [-0.05, 0) is 22.8 Å². The third-order valence-electron chi connectivity index (χ3n) is 2.47.